The molecule has 1 spiro atoms. The van der Waals surface area contributed by atoms with E-state index in [0.29, 0.717) is 65.2 Å². The number of phenolic OH excluding ortho intramolecular Hbond substituents is 1. The summed E-state index contributed by atoms with van der Waals surface area (Å²) in [6.45, 7) is 3.01. The molecular formula is C34H33ClFN5O3. The maximum absolute atomic E-state index is 16.8. The first-order chi connectivity index (χ1) is 21.5. The minimum atomic E-state index is -0.539. The SMILES string of the molecule is Oc1cc(-c2c(Cl)cc3c(N4CC5CCC(C4)N5)nc(OCCCN4C5CC6OC7CC4C675)nc3c2F)c2ccccc2c1. The van der Waals surface area contributed by atoms with Crippen molar-refractivity contribution in [2.75, 3.05) is 31.1 Å². The summed E-state index contributed by atoms with van der Waals surface area (Å²) in [5.74, 6) is 0.167. The first kappa shape index (κ1) is 26.0. The quantitative estimate of drug-likeness (QED) is 0.273. The van der Waals surface area contributed by atoms with Crippen LogP contribution >= 0.6 is 11.6 Å². The van der Waals surface area contributed by atoms with Gasteiger partial charge in [0.2, 0.25) is 0 Å². The second kappa shape index (κ2) is 9.16. The van der Waals surface area contributed by atoms with Crippen LogP contribution in [0.1, 0.15) is 32.1 Å². The molecule has 6 atom stereocenters. The molecule has 5 heterocycles. The summed E-state index contributed by atoms with van der Waals surface area (Å²) in [7, 11) is 0. The summed E-state index contributed by atoms with van der Waals surface area (Å²) in [6, 6.07) is 14.9. The third-order valence-electron chi connectivity index (χ3n) is 11.5. The van der Waals surface area contributed by atoms with E-state index >= 15 is 4.39 Å². The molecule has 0 radical (unpaired) electrons. The molecule has 2 N–H and O–H groups in total. The van der Waals surface area contributed by atoms with Gasteiger partial charge in [0.25, 0.3) is 0 Å². The molecule has 6 unspecified atom stereocenters. The Morgan fingerprint density at radius 1 is 1.05 bits per heavy atom. The molecule has 8 nitrogen and oxygen atoms in total. The number of hydrogen-bond acceptors (Lipinski definition) is 8. The van der Waals surface area contributed by atoms with E-state index in [-0.39, 0.29) is 27.9 Å². The number of nitrogens with zero attached hydrogens (tertiary/aromatic N) is 4. The highest BCUT2D eigenvalue weighted by molar-refractivity contribution is 6.35. The number of piperidine rings is 2. The van der Waals surface area contributed by atoms with E-state index in [4.69, 9.17) is 26.1 Å². The van der Waals surface area contributed by atoms with Crippen LogP contribution in [0.5, 0.6) is 11.8 Å². The van der Waals surface area contributed by atoms with Crippen molar-refractivity contribution in [2.24, 2.45) is 5.41 Å². The second-order valence-corrected chi connectivity index (χ2v) is 14.0. The number of rotatable bonds is 7. The van der Waals surface area contributed by atoms with Crippen LogP contribution in [0.15, 0.2) is 42.5 Å². The average Bonchev–Trinajstić information content (AvgIpc) is 3.32. The number of aromatic hydroxyl groups is 1. The van der Waals surface area contributed by atoms with Crippen LogP contribution < -0.4 is 15.0 Å². The van der Waals surface area contributed by atoms with E-state index in [0.717, 1.165) is 62.5 Å². The van der Waals surface area contributed by atoms with Crippen LogP contribution in [0.25, 0.3) is 32.8 Å². The van der Waals surface area contributed by atoms with E-state index in [1.54, 1.807) is 18.2 Å². The number of fused-ring (bicyclic) bond motifs is 4. The molecule has 2 aliphatic carbocycles. The Morgan fingerprint density at radius 3 is 2.59 bits per heavy atom. The van der Waals surface area contributed by atoms with Crippen LogP contribution in [0, 0.1) is 11.2 Å². The minimum absolute atomic E-state index is 0.0470. The smallest absolute Gasteiger partial charge is 0.319 e. The maximum Gasteiger partial charge on any atom is 0.319 e. The minimum Gasteiger partial charge on any atom is -0.508 e. The lowest BCUT2D eigenvalue weighted by atomic mass is 9.36. The number of piperazine rings is 1. The first-order valence-corrected chi connectivity index (χ1v) is 16.3. The third kappa shape index (κ3) is 3.39. The molecule has 4 aromatic rings. The number of halogens is 2. The van der Waals surface area contributed by atoms with Crippen LogP contribution in [0.3, 0.4) is 0 Å². The van der Waals surface area contributed by atoms with Gasteiger partial charge < -0.3 is 24.8 Å². The van der Waals surface area contributed by atoms with Crippen molar-refractivity contribution < 1.29 is 19.0 Å². The largest absolute Gasteiger partial charge is 0.508 e. The Kier molecular flexibility index (Phi) is 5.42. The monoisotopic (exact) mass is 613 g/mol. The normalized spacial score (nSPS) is 32.8. The molecule has 10 heteroatoms. The summed E-state index contributed by atoms with van der Waals surface area (Å²) in [4.78, 5) is 14.4. The lowest BCUT2D eigenvalue weighted by molar-refractivity contribution is -0.473. The van der Waals surface area contributed by atoms with Gasteiger partial charge in [0, 0.05) is 54.8 Å². The van der Waals surface area contributed by atoms with E-state index in [1.807, 2.05) is 24.3 Å². The zero-order valence-electron chi connectivity index (χ0n) is 24.2. The van der Waals surface area contributed by atoms with Gasteiger partial charge in [-0.25, -0.2) is 4.39 Å². The van der Waals surface area contributed by atoms with E-state index < -0.39 is 5.82 Å². The lowest BCUT2D eigenvalue weighted by Crippen LogP contribution is -2.98. The molecule has 44 heavy (non-hydrogen) atoms. The number of aromatic nitrogens is 2. The summed E-state index contributed by atoms with van der Waals surface area (Å²) in [5.41, 5.74) is 1.41. The summed E-state index contributed by atoms with van der Waals surface area (Å²) < 4.78 is 28.9. The standard InChI is InChI=1S/C34H33ClFN5O3/c35-24-12-23-31(30(36)29(24)22-11-20(42)10-17-4-1-2-5-21(17)22)38-33(39-32(23)40-15-18-6-7-19(16-40)37-18)43-9-3-8-41-25-13-27-34(25)26(41)14-28(34)44-27/h1-2,4-5,10-12,18-19,25-28,37,42H,3,6-9,13-16H2. The van der Waals surface area contributed by atoms with Crippen LogP contribution in [0.2, 0.25) is 5.02 Å². The van der Waals surface area contributed by atoms with Gasteiger partial charge in [-0.05, 0) is 66.6 Å². The second-order valence-electron chi connectivity index (χ2n) is 13.6. The summed E-state index contributed by atoms with van der Waals surface area (Å²) in [5, 5.41) is 16.6. The molecule has 2 saturated carbocycles. The van der Waals surface area contributed by atoms with Gasteiger partial charge in [0.1, 0.15) is 17.1 Å². The van der Waals surface area contributed by atoms with Crippen LogP contribution in [0.4, 0.5) is 10.2 Å². The van der Waals surface area contributed by atoms with Crippen molar-refractivity contribution in [3.8, 4) is 22.9 Å². The Bertz CT molecular complexity index is 1840. The molecular weight excluding hydrogens is 581 g/mol. The Hall–Kier alpha value is -3.24. The van der Waals surface area contributed by atoms with Gasteiger partial charge in [-0.2, -0.15) is 9.97 Å². The highest BCUT2D eigenvalue weighted by Gasteiger charge is 2.86. The van der Waals surface area contributed by atoms with Crippen molar-refractivity contribution in [1.82, 2.24) is 20.2 Å². The predicted octanol–water partition coefficient (Wildman–Crippen LogP) is 5.27. The molecule has 226 valence electrons. The number of phenols is 1. The Labute approximate surface area is 259 Å². The Balaban J connectivity index is 1.000. The third-order valence-corrected chi connectivity index (χ3v) is 11.8. The van der Waals surface area contributed by atoms with Crippen molar-refractivity contribution >= 4 is 39.1 Å². The molecule has 2 bridgehead atoms. The van der Waals surface area contributed by atoms with Crippen LogP contribution in [-0.4, -0.2) is 82.6 Å². The number of hydrogen-bond donors (Lipinski definition) is 2. The van der Waals surface area contributed by atoms with E-state index in [1.165, 1.54) is 0 Å². The number of ether oxygens (including phenoxy) is 2. The molecule has 0 amide bonds. The fourth-order valence-corrected chi connectivity index (χ4v) is 9.84. The van der Waals surface area contributed by atoms with Crippen molar-refractivity contribution in [3.05, 3.63) is 53.3 Å². The van der Waals surface area contributed by atoms with Gasteiger partial charge in [0.05, 0.1) is 29.3 Å². The average molecular weight is 614 g/mol. The fraction of sp³-hybridized carbons (Fsp3) is 0.471. The van der Waals surface area contributed by atoms with Crippen molar-refractivity contribution in [2.45, 2.75) is 68.5 Å². The highest BCUT2D eigenvalue weighted by atomic mass is 35.5. The summed E-state index contributed by atoms with van der Waals surface area (Å²) >= 11 is 6.88. The summed E-state index contributed by atoms with van der Waals surface area (Å²) in [6.07, 6.45) is 6.44. The fourth-order valence-electron chi connectivity index (χ4n) is 9.55. The molecule has 4 aliphatic heterocycles. The zero-order valence-corrected chi connectivity index (χ0v) is 24.9. The molecule has 3 aromatic carbocycles. The molecule has 4 saturated heterocycles. The van der Waals surface area contributed by atoms with Crippen molar-refractivity contribution in [3.63, 3.8) is 0 Å². The van der Waals surface area contributed by atoms with Crippen LogP contribution in [-0.2, 0) is 4.74 Å². The van der Waals surface area contributed by atoms with Gasteiger partial charge in [0.15, 0.2) is 5.82 Å². The van der Waals surface area contributed by atoms with E-state index in [2.05, 4.69) is 20.1 Å². The number of nitrogens with one attached hydrogen (secondary N) is 1. The van der Waals surface area contributed by atoms with Gasteiger partial charge in [-0.3, -0.25) is 4.90 Å². The number of likely N-dealkylation sites (tertiary alicyclic amines) is 1. The first-order valence-electron chi connectivity index (χ1n) is 16.0. The number of benzene rings is 3. The van der Waals surface area contributed by atoms with Gasteiger partial charge in [-0.15, -0.1) is 0 Å². The zero-order chi connectivity index (χ0) is 29.3. The molecule has 6 aliphatic rings. The maximum atomic E-state index is 16.8. The van der Waals surface area contributed by atoms with Gasteiger partial charge >= 0.3 is 6.01 Å². The van der Waals surface area contributed by atoms with Gasteiger partial charge in [-0.1, -0.05) is 35.9 Å². The van der Waals surface area contributed by atoms with E-state index in [9.17, 15) is 5.11 Å². The molecule has 10 rings (SSSR count). The predicted molar refractivity (Wildman–Crippen MR) is 166 cm³/mol. The Morgan fingerprint density at radius 2 is 1.82 bits per heavy atom. The topological polar surface area (TPSA) is 83.0 Å². The lowest BCUT2D eigenvalue weighted by Gasteiger charge is -2.87. The number of anilines is 1. The molecule has 1 aromatic heterocycles. The van der Waals surface area contributed by atoms with Crippen molar-refractivity contribution in [1.29, 1.82) is 0 Å². The highest BCUT2D eigenvalue weighted by Crippen LogP contribution is 2.75. The molecule has 6 fully saturated rings.